The Hall–Kier alpha value is -4.19. The van der Waals surface area contributed by atoms with Gasteiger partial charge in [0.1, 0.15) is 6.33 Å². The van der Waals surface area contributed by atoms with Gasteiger partial charge in [-0.3, -0.25) is 14.2 Å². The Bertz CT molecular complexity index is 1480. The van der Waals surface area contributed by atoms with E-state index >= 15 is 0 Å². The molecule has 0 aliphatic rings. The van der Waals surface area contributed by atoms with Crippen molar-refractivity contribution in [2.45, 2.75) is 6.92 Å². The fraction of sp³-hybridized carbons (Fsp3) is 0.0417. The first kappa shape index (κ1) is 17.9. The summed E-state index contributed by atoms with van der Waals surface area (Å²) in [4.78, 5) is 31.6. The van der Waals surface area contributed by atoms with Gasteiger partial charge in [-0.25, -0.2) is 4.98 Å². The average Bonchev–Trinajstić information content (AvgIpc) is 3.26. The van der Waals surface area contributed by atoms with Crippen LogP contribution in [0.4, 0.5) is 5.69 Å². The molecule has 2 N–H and O–H groups in total. The van der Waals surface area contributed by atoms with Gasteiger partial charge in [-0.1, -0.05) is 30.3 Å². The number of rotatable bonds is 4. The normalized spacial score (nSPS) is 11.1. The first-order chi connectivity index (χ1) is 14.7. The van der Waals surface area contributed by atoms with Crippen molar-refractivity contribution in [3.05, 3.63) is 89.1 Å². The number of hydrogen-bond acceptors (Lipinski definition) is 3. The molecular formula is C24H18N4O2. The Morgan fingerprint density at radius 1 is 0.967 bits per heavy atom. The summed E-state index contributed by atoms with van der Waals surface area (Å²) in [6.45, 7) is 2.00. The van der Waals surface area contributed by atoms with Crippen molar-refractivity contribution in [1.82, 2.24) is 14.5 Å². The number of anilines is 1. The summed E-state index contributed by atoms with van der Waals surface area (Å²) in [5, 5.41) is 4.30. The number of aromatic nitrogens is 3. The van der Waals surface area contributed by atoms with Gasteiger partial charge < -0.3 is 10.3 Å². The molecule has 0 atom stereocenters. The van der Waals surface area contributed by atoms with E-state index in [4.69, 9.17) is 0 Å². The number of nitrogens with one attached hydrogen (secondary N) is 2. The molecule has 0 bridgehead atoms. The average molecular weight is 394 g/mol. The fourth-order valence-corrected chi connectivity index (χ4v) is 3.99. The molecule has 30 heavy (non-hydrogen) atoms. The van der Waals surface area contributed by atoms with Gasteiger partial charge >= 0.3 is 0 Å². The molecule has 0 unspecified atom stereocenters. The van der Waals surface area contributed by atoms with E-state index in [1.165, 1.54) is 0 Å². The zero-order valence-corrected chi connectivity index (χ0v) is 16.2. The molecule has 6 heteroatoms. The molecule has 2 aromatic heterocycles. The van der Waals surface area contributed by atoms with E-state index in [1.54, 1.807) is 17.0 Å². The highest BCUT2D eigenvalue weighted by Gasteiger charge is 2.14. The molecule has 0 spiro atoms. The Kier molecular flexibility index (Phi) is 4.17. The van der Waals surface area contributed by atoms with Crippen LogP contribution in [-0.4, -0.2) is 20.9 Å². The molecule has 5 rings (SSSR count). The maximum Gasteiger partial charge on any atom is 0.265 e. The van der Waals surface area contributed by atoms with Crippen molar-refractivity contribution >= 4 is 33.9 Å². The van der Waals surface area contributed by atoms with Crippen LogP contribution in [0, 0.1) is 6.92 Å². The van der Waals surface area contributed by atoms with Crippen LogP contribution in [0.2, 0.25) is 0 Å². The number of nitrogens with zero attached hydrogens (tertiary/aromatic N) is 2. The number of H-pyrrole nitrogens is 1. The molecule has 0 aliphatic heterocycles. The lowest BCUT2D eigenvalue weighted by molar-refractivity contribution is -0.105. The van der Waals surface area contributed by atoms with Crippen molar-refractivity contribution < 1.29 is 4.79 Å². The largest absolute Gasteiger partial charge is 0.359 e. The van der Waals surface area contributed by atoms with Crippen LogP contribution in [0.15, 0.2) is 78.0 Å². The number of amides is 1. The van der Waals surface area contributed by atoms with Crippen LogP contribution in [0.1, 0.15) is 5.56 Å². The number of fused-ring (bicyclic) bond motifs is 2. The van der Waals surface area contributed by atoms with E-state index in [0.29, 0.717) is 17.3 Å². The van der Waals surface area contributed by atoms with Gasteiger partial charge in [0.15, 0.2) is 0 Å². The Morgan fingerprint density at radius 3 is 2.70 bits per heavy atom. The second-order valence-corrected chi connectivity index (χ2v) is 7.08. The van der Waals surface area contributed by atoms with Crippen molar-refractivity contribution in [2.75, 3.05) is 5.32 Å². The smallest absolute Gasteiger partial charge is 0.265 e. The van der Waals surface area contributed by atoms with Crippen molar-refractivity contribution in [1.29, 1.82) is 0 Å². The van der Waals surface area contributed by atoms with Crippen LogP contribution < -0.4 is 10.9 Å². The molecular weight excluding hydrogens is 376 g/mol. The lowest BCUT2D eigenvalue weighted by atomic mass is 9.96. The van der Waals surface area contributed by atoms with Gasteiger partial charge in [0, 0.05) is 11.6 Å². The third-order valence-corrected chi connectivity index (χ3v) is 5.46. The number of aromatic amines is 1. The van der Waals surface area contributed by atoms with Gasteiger partial charge in [-0.05, 0) is 53.9 Å². The number of para-hydroxylation sites is 1. The lowest BCUT2D eigenvalue weighted by Gasteiger charge is -2.15. The Labute approximate surface area is 171 Å². The van der Waals surface area contributed by atoms with E-state index in [9.17, 15) is 9.59 Å². The van der Waals surface area contributed by atoms with E-state index in [-0.39, 0.29) is 5.56 Å². The van der Waals surface area contributed by atoms with Crippen LogP contribution in [-0.2, 0) is 4.79 Å². The standard InChI is InChI=1S/C24H18N4O2/c1-15-16(17-9-10-21(27-14-29)23-18(17)11-12-25-23)6-4-8-22(15)28-13-26-20-7-3-2-5-19(20)24(28)30/h2-14,25H,1H3,(H,27,29). The second kappa shape index (κ2) is 7.00. The SMILES string of the molecule is Cc1c(-c2ccc(NC=O)c3[nH]ccc23)cccc1-n1cnc2ccccc2c1=O. The molecule has 3 aromatic carbocycles. The Morgan fingerprint density at radius 2 is 1.83 bits per heavy atom. The predicted molar refractivity (Wildman–Crippen MR) is 119 cm³/mol. The summed E-state index contributed by atoms with van der Waals surface area (Å²) in [6, 6.07) is 19.1. The summed E-state index contributed by atoms with van der Waals surface area (Å²) < 4.78 is 1.60. The minimum absolute atomic E-state index is 0.0989. The topological polar surface area (TPSA) is 79.8 Å². The summed E-state index contributed by atoms with van der Waals surface area (Å²) in [5.74, 6) is 0. The number of carbonyl (C=O) groups excluding carboxylic acids is 1. The maximum atomic E-state index is 13.1. The second-order valence-electron chi connectivity index (χ2n) is 7.08. The molecule has 2 heterocycles. The molecule has 0 saturated heterocycles. The predicted octanol–water partition coefficient (Wildman–Crippen LogP) is 4.41. The number of benzene rings is 3. The third-order valence-electron chi connectivity index (χ3n) is 5.46. The summed E-state index contributed by atoms with van der Waals surface area (Å²) >= 11 is 0. The summed E-state index contributed by atoms with van der Waals surface area (Å²) in [6.07, 6.45) is 4.10. The van der Waals surface area contributed by atoms with E-state index in [1.807, 2.05) is 67.7 Å². The number of carbonyl (C=O) groups is 1. The van der Waals surface area contributed by atoms with Crippen molar-refractivity contribution in [2.24, 2.45) is 0 Å². The molecule has 6 nitrogen and oxygen atoms in total. The van der Waals surface area contributed by atoms with Crippen LogP contribution in [0.25, 0.3) is 38.6 Å². The minimum atomic E-state index is -0.0989. The van der Waals surface area contributed by atoms with Gasteiger partial charge in [-0.15, -0.1) is 0 Å². The maximum absolute atomic E-state index is 13.1. The fourth-order valence-electron chi connectivity index (χ4n) is 3.99. The highest BCUT2D eigenvalue weighted by molar-refractivity contribution is 6.04. The van der Waals surface area contributed by atoms with Crippen LogP contribution >= 0.6 is 0 Å². The monoisotopic (exact) mass is 394 g/mol. The highest BCUT2D eigenvalue weighted by Crippen LogP contribution is 2.35. The quantitative estimate of drug-likeness (QED) is 0.443. The Balaban J connectivity index is 1.72. The first-order valence-electron chi connectivity index (χ1n) is 9.56. The molecule has 0 fully saturated rings. The number of hydrogen-bond donors (Lipinski definition) is 2. The highest BCUT2D eigenvalue weighted by atomic mass is 16.1. The van der Waals surface area contributed by atoms with E-state index < -0.39 is 0 Å². The van der Waals surface area contributed by atoms with Crippen LogP contribution in [0.5, 0.6) is 0 Å². The van der Waals surface area contributed by atoms with Crippen molar-refractivity contribution in [3.8, 4) is 16.8 Å². The lowest BCUT2D eigenvalue weighted by Crippen LogP contribution is -2.19. The van der Waals surface area contributed by atoms with Gasteiger partial charge in [0.05, 0.1) is 27.8 Å². The first-order valence-corrected chi connectivity index (χ1v) is 9.56. The molecule has 146 valence electrons. The molecule has 0 saturated carbocycles. The van der Waals surface area contributed by atoms with Gasteiger partial charge in [0.2, 0.25) is 6.41 Å². The van der Waals surface area contributed by atoms with E-state index in [0.717, 1.165) is 39.0 Å². The molecule has 0 aliphatic carbocycles. The van der Waals surface area contributed by atoms with Gasteiger partial charge in [0.25, 0.3) is 5.56 Å². The third kappa shape index (κ3) is 2.69. The minimum Gasteiger partial charge on any atom is -0.359 e. The van der Waals surface area contributed by atoms with Gasteiger partial charge in [-0.2, -0.15) is 0 Å². The van der Waals surface area contributed by atoms with E-state index in [2.05, 4.69) is 15.3 Å². The van der Waals surface area contributed by atoms with Crippen molar-refractivity contribution in [3.63, 3.8) is 0 Å². The zero-order chi connectivity index (χ0) is 20.7. The molecule has 1 amide bonds. The molecule has 5 aromatic rings. The summed E-state index contributed by atoms with van der Waals surface area (Å²) in [5.41, 5.74) is 5.94. The summed E-state index contributed by atoms with van der Waals surface area (Å²) in [7, 11) is 0. The zero-order valence-electron chi connectivity index (χ0n) is 16.2. The van der Waals surface area contributed by atoms with Crippen LogP contribution in [0.3, 0.4) is 0 Å². The molecule has 0 radical (unpaired) electrons.